The third kappa shape index (κ3) is 2.97. The molecule has 2 aromatic heterocycles. The Morgan fingerprint density at radius 3 is 2.70 bits per heavy atom. The van der Waals surface area contributed by atoms with E-state index in [1.807, 2.05) is 24.8 Å². The minimum atomic E-state index is -0.157. The van der Waals surface area contributed by atoms with Crippen LogP contribution in [0.1, 0.15) is 53.1 Å². The maximum atomic E-state index is 13.1. The van der Waals surface area contributed by atoms with Gasteiger partial charge in [0.1, 0.15) is 11.5 Å². The molecular weight excluding hydrogens is 342 g/mol. The fourth-order valence-corrected chi connectivity index (χ4v) is 4.10. The van der Waals surface area contributed by atoms with Crippen molar-refractivity contribution in [2.75, 3.05) is 13.1 Å². The standard InChI is InChI=1S/C20H25N5O2/c1-4-25-18(22-23-20(25)27)14-7-9-24(10-8-14)19(26)17-13(3)15-11-12(2)5-6-16(15)21-17/h5-6,11,14,21H,4,7-10H2,1-3H3,(H,23,27). The van der Waals surface area contributed by atoms with Gasteiger partial charge in [0.25, 0.3) is 5.91 Å². The van der Waals surface area contributed by atoms with Crippen molar-refractivity contribution in [2.24, 2.45) is 0 Å². The zero-order valence-corrected chi connectivity index (χ0v) is 16.0. The van der Waals surface area contributed by atoms with Crippen molar-refractivity contribution in [2.45, 2.75) is 46.1 Å². The molecule has 1 fully saturated rings. The molecule has 0 radical (unpaired) electrons. The number of benzene rings is 1. The molecule has 7 heteroatoms. The molecule has 1 aromatic carbocycles. The van der Waals surface area contributed by atoms with Crippen LogP contribution in [0.3, 0.4) is 0 Å². The lowest BCUT2D eigenvalue weighted by atomic mass is 9.95. The molecule has 0 unspecified atom stereocenters. The van der Waals surface area contributed by atoms with E-state index in [1.165, 1.54) is 5.56 Å². The fraction of sp³-hybridized carbons (Fsp3) is 0.450. The number of aromatic amines is 2. The average molecular weight is 367 g/mol. The Balaban J connectivity index is 1.52. The third-order valence-electron chi connectivity index (χ3n) is 5.68. The number of rotatable bonds is 3. The molecule has 1 aliphatic rings. The highest BCUT2D eigenvalue weighted by atomic mass is 16.2. The molecule has 142 valence electrons. The van der Waals surface area contributed by atoms with Crippen molar-refractivity contribution in [3.05, 3.63) is 51.3 Å². The summed E-state index contributed by atoms with van der Waals surface area (Å²) in [5.41, 5.74) is 3.72. The van der Waals surface area contributed by atoms with Gasteiger partial charge in [0, 0.05) is 36.5 Å². The molecule has 4 rings (SSSR count). The van der Waals surface area contributed by atoms with E-state index >= 15 is 0 Å². The van der Waals surface area contributed by atoms with E-state index in [1.54, 1.807) is 4.57 Å². The molecule has 0 saturated carbocycles. The van der Waals surface area contributed by atoms with Crippen LogP contribution < -0.4 is 5.69 Å². The normalized spacial score (nSPS) is 15.6. The van der Waals surface area contributed by atoms with Crippen molar-refractivity contribution in [1.29, 1.82) is 0 Å². The predicted molar refractivity (Wildman–Crippen MR) is 104 cm³/mol. The van der Waals surface area contributed by atoms with Gasteiger partial charge < -0.3 is 9.88 Å². The summed E-state index contributed by atoms with van der Waals surface area (Å²) in [6.07, 6.45) is 1.63. The van der Waals surface area contributed by atoms with E-state index < -0.39 is 0 Å². The number of likely N-dealkylation sites (tertiary alicyclic amines) is 1. The summed E-state index contributed by atoms with van der Waals surface area (Å²) >= 11 is 0. The topological polar surface area (TPSA) is 86.8 Å². The van der Waals surface area contributed by atoms with Gasteiger partial charge in [-0.3, -0.25) is 9.36 Å². The summed E-state index contributed by atoms with van der Waals surface area (Å²) < 4.78 is 1.69. The molecular formula is C20H25N5O2. The average Bonchev–Trinajstić information content (AvgIpc) is 3.21. The number of aryl methyl sites for hydroxylation is 2. The highest BCUT2D eigenvalue weighted by molar-refractivity contribution is 6.01. The molecule has 7 nitrogen and oxygen atoms in total. The molecule has 1 aliphatic heterocycles. The summed E-state index contributed by atoms with van der Waals surface area (Å²) in [7, 11) is 0. The first-order valence-electron chi connectivity index (χ1n) is 9.53. The number of carbonyl (C=O) groups is 1. The molecule has 0 bridgehead atoms. The summed E-state index contributed by atoms with van der Waals surface area (Å²) in [5.74, 6) is 1.07. The van der Waals surface area contributed by atoms with Crippen LogP contribution in [0.5, 0.6) is 0 Å². The number of hydrogen-bond donors (Lipinski definition) is 2. The second-order valence-electron chi connectivity index (χ2n) is 7.37. The Kier molecular flexibility index (Phi) is 4.37. The van der Waals surface area contributed by atoms with Crippen molar-refractivity contribution in [3.8, 4) is 0 Å². The predicted octanol–water partition coefficient (Wildman–Crippen LogP) is 2.71. The third-order valence-corrected chi connectivity index (χ3v) is 5.68. The van der Waals surface area contributed by atoms with E-state index in [0.717, 1.165) is 35.1 Å². The smallest absolute Gasteiger partial charge is 0.343 e. The first kappa shape index (κ1) is 17.6. The lowest BCUT2D eigenvalue weighted by Crippen LogP contribution is -2.39. The second kappa shape index (κ2) is 6.72. The molecule has 1 saturated heterocycles. The first-order chi connectivity index (χ1) is 13.0. The molecule has 3 heterocycles. The number of amides is 1. The largest absolute Gasteiger partial charge is 0.350 e. The van der Waals surface area contributed by atoms with Gasteiger partial charge in [0.15, 0.2) is 0 Å². The molecule has 0 spiro atoms. The van der Waals surface area contributed by atoms with Crippen LogP contribution >= 0.6 is 0 Å². The summed E-state index contributed by atoms with van der Waals surface area (Å²) in [4.78, 5) is 30.1. The zero-order valence-electron chi connectivity index (χ0n) is 16.0. The van der Waals surface area contributed by atoms with Crippen LogP contribution in [-0.2, 0) is 6.54 Å². The molecule has 0 aliphatic carbocycles. The molecule has 2 N–H and O–H groups in total. The number of aromatic nitrogens is 4. The Bertz CT molecular complexity index is 1050. The van der Waals surface area contributed by atoms with Crippen LogP contribution in [0.15, 0.2) is 23.0 Å². The van der Waals surface area contributed by atoms with Crippen LogP contribution in [-0.4, -0.2) is 43.6 Å². The van der Waals surface area contributed by atoms with Gasteiger partial charge in [0.2, 0.25) is 0 Å². The monoisotopic (exact) mass is 367 g/mol. The van der Waals surface area contributed by atoms with E-state index in [9.17, 15) is 9.59 Å². The van der Waals surface area contributed by atoms with Crippen molar-refractivity contribution in [1.82, 2.24) is 24.6 Å². The Morgan fingerprint density at radius 1 is 1.26 bits per heavy atom. The number of fused-ring (bicyclic) bond motifs is 1. The van der Waals surface area contributed by atoms with Crippen LogP contribution in [0.25, 0.3) is 10.9 Å². The molecule has 27 heavy (non-hydrogen) atoms. The van der Waals surface area contributed by atoms with E-state index in [4.69, 9.17) is 0 Å². The number of nitrogens with one attached hydrogen (secondary N) is 2. The number of hydrogen-bond acceptors (Lipinski definition) is 3. The van der Waals surface area contributed by atoms with Gasteiger partial charge >= 0.3 is 5.69 Å². The Labute approximate surface area is 157 Å². The zero-order chi connectivity index (χ0) is 19.1. The van der Waals surface area contributed by atoms with E-state index in [0.29, 0.717) is 25.3 Å². The van der Waals surface area contributed by atoms with Crippen molar-refractivity contribution >= 4 is 16.8 Å². The van der Waals surface area contributed by atoms with Crippen LogP contribution in [0.4, 0.5) is 0 Å². The maximum Gasteiger partial charge on any atom is 0.343 e. The molecule has 3 aromatic rings. The summed E-state index contributed by atoms with van der Waals surface area (Å²) in [6, 6.07) is 6.20. The SMILES string of the molecule is CCn1c(C2CCN(C(=O)c3[nH]c4ccc(C)cc4c3C)CC2)n[nH]c1=O. The van der Waals surface area contributed by atoms with E-state index in [-0.39, 0.29) is 17.5 Å². The number of carbonyl (C=O) groups excluding carboxylic acids is 1. The molecule has 0 atom stereocenters. The summed E-state index contributed by atoms with van der Waals surface area (Å²) in [5, 5.41) is 7.86. The summed E-state index contributed by atoms with van der Waals surface area (Å²) in [6.45, 7) is 7.95. The highest BCUT2D eigenvalue weighted by Crippen LogP contribution is 2.29. The van der Waals surface area contributed by atoms with Crippen LogP contribution in [0, 0.1) is 13.8 Å². The van der Waals surface area contributed by atoms with Gasteiger partial charge in [-0.1, -0.05) is 11.6 Å². The Morgan fingerprint density at radius 2 is 2.00 bits per heavy atom. The van der Waals surface area contributed by atoms with Gasteiger partial charge in [-0.05, 0) is 51.3 Å². The number of H-pyrrole nitrogens is 2. The molecule has 1 amide bonds. The van der Waals surface area contributed by atoms with Crippen LogP contribution in [0.2, 0.25) is 0 Å². The van der Waals surface area contributed by atoms with Crippen molar-refractivity contribution < 1.29 is 4.79 Å². The van der Waals surface area contributed by atoms with Crippen molar-refractivity contribution in [3.63, 3.8) is 0 Å². The second-order valence-corrected chi connectivity index (χ2v) is 7.37. The number of piperidine rings is 1. The lowest BCUT2D eigenvalue weighted by Gasteiger charge is -2.31. The quantitative estimate of drug-likeness (QED) is 0.746. The van der Waals surface area contributed by atoms with Gasteiger partial charge in [0.05, 0.1) is 0 Å². The number of nitrogens with zero attached hydrogens (tertiary/aromatic N) is 3. The lowest BCUT2D eigenvalue weighted by molar-refractivity contribution is 0.0704. The maximum absolute atomic E-state index is 13.1. The minimum Gasteiger partial charge on any atom is -0.350 e. The van der Waals surface area contributed by atoms with Gasteiger partial charge in [-0.2, -0.15) is 5.10 Å². The minimum absolute atomic E-state index is 0.0507. The highest BCUT2D eigenvalue weighted by Gasteiger charge is 2.29. The Hall–Kier alpha value is -2.83. The van der Waals surface area contributed by atoms with Gasteiger partial charge in [-0.15, -0.1) is 0 Å². The first-order valence-corrected chi connectivity index (χ1v) is 9.53. The van der Waals surface area contributed by atoms with Gasteiger partial charge in [-0.25, -0.2) is 9.89 Å². The fourth-order valence-electron chi connectivity index (χ4n) is 4.10. The van der Waals surface area contributed by atoms with E-state index in [2.05, 4.69) is 34.2 Å².